The molecule has 4 rings (SSSR count). The van der Waals surface area contributed by atoms with Crippen molar-refractivity contribution in [2.75, 3.05) is 6.54 Å². The van der Waals surface area contributed by atoms with Gasteiger partial charge in [-0.15, -0.1) is 0 Å². The Bertz CT molecular complexity index is 690. The molecule has 2 aliphatic rings. The molecule has 1 saturated carbocycles. The second-order valence-corrected chi connectivity index (χ2v) is 6.32. The SMILES string of the molecule is CC1(c2nc3c(c(-c4ccc(F)cc4)n2)CNCC3)CC1. The summed E-state index contributed by atoms with van der Waals surface area (Å²) in [7, 11) is 0. The highest BCUT2D eigenvalue weighted by Crippen LogP contribution is 2.46. The van der Waals surface area contributed by atoms with E-state index in [0.717, 1.165) is 55.1 Å². The molecule has 4 heteroatoms. The van der Waals surface area contributed by atoms with Crippen molar-refractivity contribution in [3.8, 4) is 11.3 Å². The molecule has 1 N–H and O–H groups in total. The highest BCUT2D eigenvalue weighted by atomic mass is 19.1. The number of aromatic nitrogens is 2. The van der Waals surface area contributed by atoms with Gasteiger partial charge in [-0.1, -0.05) is 6.92 Å². The van der Waals surface area contributed by atoms with Gasteiger partial charge < -0.3 is 5.32 Å². The summed E-state index contributed by atoms with van der Waals surface area (Å²) >= 11 is 0. The van der Waals surface area contributed by atoms with Gasteiger partial charge in [0.2, 0.25) is 0 Å². The zero-order valence-electron chi connectivity index (χ0n) is 12.1. The van der Waals surface area contributed by atoms with Gasteiger partial charge in [-0.3, -0.25) is 0 Å². The lowest BCUT2D eigenvalue weighted by atomic mass is 9.98. The van der Waals surface area contributed by atoms with E-state index in [1.807, 2.05) is 12.1 Å². The number of hydrogen-bond donors (Lipinski definition) is 1. The van der Waals surface area contributed by atoms with Crippen LogP contribution in [-0.2, 0) is 18.4 Å². The van der Waals surface area contributed by atoms with E-state index in [4.69, 9.17) is 9.97 Å². The van der Waals surface area contributed by atoms with Crippen LogP contribution in [0.5, 0.6) is 0 Å². The molecule has 0 bridgehead atoms. The second-order valence-electron chi connectivity index (χ2n) is 6.32. The van der Waals surface area contributed by atoms with E-state index in [-0.39, 0.29) is 11.2 Å². The van der Waals surface area contributed by atoms with Crippen LogP contribution in [0.1, 0.15) is 36.8 Å². The Kier molecular flexibility index (Phi) is 2.82. The van der Waals surface area contributed by atoms with E-state index >= 15 is 0 Å². The molecule has 3 nitrogen and oxygen atoms in total. The Morgan fingerprint density at radius 2 is 1.90 bits per heavy atom. The normalized spacial score (nSPS) is 19.1. The van der Waals surface area contributed by atoms with E-state index in [1.54, 1.807) is 0 Å². The second kappa shape index (κ2) is 4.60. The van der Waals surface area contributed by atoms with Gasteiger partial charge in [0.25, 0.3) is 0 Å². The van der Waals surface area contributed by atoms with E-state index in [1.165, 1.54) is 17.7 Å². The summed E-state index contributed by atoms with van der Waals surface area (Å²) in [6.45, 7) is 3.98. The first kappa shape index (κ1) is 12.9. The number of halogens is 1. The molecule has 0 spiro atoms. The van der Waals surface area contributed by atoms with Gasteiger partial charge >= 0.3 is 0 Å². The van der Waals surface area contributed by atoms with Crippen LogP contribution in [0.3, 0.4) is 0 Å². The molecule has 0 unspecified atom stereocenters. The number of fused-ring (bicyclic) bond motifs is 1. The van der Waals surface area contributed by atoms with Crippen LogP contribution >= 0.6 is 0 Å². The molecule has 0 radical (unpaired) electrons. The Morgan fingerprint density at radius 1 is 1.14 bits per heavy atom. The zero-order valence-corrected chi connectivity index (χ0v) is 12.1. The van der Waals surface area contributed by atoms with Crippen molar-refractivity contribution in [1.82, 2.24) is 15.3 Å². The zero-order chi connectivity index (χ0) is 14.4. The number of benzene rings is 1. The highest BCUT2D eigenvalue weighted by molar-refractivity contribution is 5.64. The molecular formula is C17H18FN3. The molecular weight excluding hydrogens is 265 g/mol. The summed E-state index contributed by atoms with van der Waals surface area (Å²) in [5.74, 6) is 0.747. The van der Waals surface area contributed by atoms with Gasteiger partial charge in [0.15, 0.2) is 0 Å². The summed E-state index contributed by atoms with van der Waals surface area (Å²) < 4.78 is 13.2. The average molecular weight is 283 g/mol. The summed E-state index contributed by atoms with van der Waals surface area (Å²) in [5.41, 5.74) is 4.42. The third-order valence-electron chi connectivity index (χ3n) is 4.59. The topological polar surface area (TPSA) is 37.8 Å². The lowest BCUT2D eigenvalue weighted by Gasteiger charge is -2.21. The van der Waals surface area contributed by atoms with E-state index in [9.17, 15) is 4.39 Å². The van der Waals surface area contributed by atoms with Crippen molar-refractivity contribution in [2.45, 2.75) is 38.1 Å². The van der Waals surface area contributed by atoms with Crippen molar-refractivity contribution in [3.63, 3.8) is 0 Å². The van der Waals surface area contributed by atoms with Crippen molar-refractivity contribution in [3.05, 3.63) is 47.2 Å². The van der Waals surface area contributed by atoms with Crippen LogP contribution < -0.4 is 5.32 Å². The van der Waals surface area contributed by atoms with Crippen LogP contribution in [0.4, 0.5) is 4.39 Å². The van der Waals surface area contributed by atoms with E-state index in [0.29, 0.717) is 0 Å². The van der Waals surface area contributed by atoms with Crippen LogP contribution in [0.25, 0.3) is 11.3 Å². The number of hydrogen-bond acceptors (Lipinski definition) is 3. The fraction of sp³-hybridized carbons (Fsp3) is 0.412. The lowest BCUT2D eigenvalue weighted by molar-refractivity contribution is 0.608. The van der Waals surface area contributed by atoms with Crippen LogP contribution in [0, 0.1) is 5.82 Å². The minimum absolute atomic E-state index is 0.148. The first-order chi connectivity index (χ1) is 10.2. The monoisotopic (exact) mass is 283 g/mol. The summed E-state index contributed by atoms with van der Waals surface area (Å²) in [6, 6.07) is 6.62. The smallest absolute Gasteiger partial charge is 0.135 e. The van der Waals surface area contributed by atoms with E-state index in [2.05, 4.69) is 12.2 Å². The molecule has 1 aliphatic carbocycles. The average Bonchev–Trinajstić information content (AvgIpc) is 3.26. The molecule has 2 aromatic rings. The molecule has 1 aromatic heterocycles. The minimum atomic E-state index is -0.214. The maximum absolute atomic E-state index is 13.2. The molecule has 108 valence electrons. The predicted octanol–water partition coefficient (Wildman–Crippen LogP) is 2.98. The fourth-order valence-electron chi connectivity index (χ4n) is 2.87. The maximum Gasteiger partial charge on any atom is 0.135 e. The van der Waals surface area contributed by atoms with Gasteiger partial charge in [0.05, 0.1) is 11.4 Å². The van der Waals surface area contributed by atoms with Gasteiger partial charge in [-0.2, -0.15) is 0 Å². The minimum Gasteiger partial charge on any atom is -0.312 e. The maximum atomic E-state index is 13.2. The summed E-state index contributed by atoms with van der Waals surface area (Å²) in [6.07, 6.45) is 3.26. The van der Waals surface area contributed by atoms with Gasteiger partial charge in [0.1, 0.15) is 11.6 Å². The number of nitrogens with zero attached hydrogens (tertiary/aromatic N) is 2. The quantitative estimate of drug-likeness (QED) is 0.920. The predicted molar refractivity (Wildman–Crippen MR) is 79.4 cm³/mol. The largest absolute Gasteiger partial charge is 0.312 e. The van der Waals surface area contributed by atoms with Crippen LogP contribution in [0.2, 0.25) is 0 Å². The van der Waals surface area contributed by atoms with Gasteiger partial charge in [0, 0.05) is 36.1 Å². The number of rotatable bonds is 2. The Hall–Kier alpha value is -1.81. The molecule has 1 fully saturated rings. The van der Waals surface area contributed by atoms with E-state index < -0.39 is 0 Å². The van der Waals surface area contributed by atoms with Crippen molar-refractivity contribution in [2.24, 2.45) is 0 Å². The molecule has 1 aromatic carbocycles. The van der Waals surface area contributed by atoms with Gasteiger partial charge in [-0.25, -0.2) is 14.4 Å². The molecule has 0 atom stereocenters. The Labute approximate surface area is 123 Å². The first-order valence-corrected chi connectivity index (χ1v) is 7.53. The first-order valence-electron chi connectivity index (χ1n) is 7.53. The van der Waals surface area contributed by atoms with Crippen LogP contribution in [-0.4, -0.2) is 16.5 Å². The summed E-state index contributed by atoms with van der Waals surface area (Å²) in [5, 5.41) is 3.38. The third kappa shape index (κ3) is 2.23. The van der Waals surface area contributed by atoms with Crippen molar-refractivity contribution < 1.29 is 4.39 Å². The standard InChI is InChI=1S/C17H18FN3/c1-17(7-8-17)16-20-14-6-9-19-10-13(14)15(21-16)11-2-4-12(18)5-3-11/h2-5,19H,6-10H2,1H3. The third-order valence-corrected chi connectivity index (χ3v) is 4.59. The molecule has 0 amide bonds. The highest BCUT2D eigenvalue weighted by Gasteiger charge is 2.42. The van der Waals surface area contributed by atoms with Crippen molar-refractivity contribution >= 4 is 0 Å². The summed E-state index contributed by atoms with van der Waals surface area (Å²) in [4.78, 5) is 9.67. The Balaban J connectivity index is 1.89. The fourth-order valence-corrected chi connectivity index (χ4v) is 2.87. The molecule has 1 aliphatic heterocycles. The van der Waals surface area contributed by atoms with Crippen LogP contribution in [0.15, 0.2) is 24.3 Å². The van der Waals surface area contributed by atoms with Gasteiger partial charge in [-0.05, 0) is 37.1 Å². The lowest BCUT2D eigenvalue weighted by Crippen LogP contribution is -2.27. The molecule has 2 heterocycles. The molecule has 0 saturated heterocycles. The Morgan fingerprint density at radius 3 is 2.62 bits per heavy atom. The molecule has 21 heavy (non-hydrogen) atoms. The number of nitrogens with one attached hydrogen (secondary N) is 1. The van der Waals surface area contributed by atoms with Crippen molar-refractivity contribution in [1.29, 1.82) is 0 Å².